The molecule has 290 valence electrons. The second kappa shape index (κ2) is 15.2. The molecule has 3 aromatic heterocycles. The van der Waals surface area contributed by atoms with Gasteiger partial charge in [0.25, 0.3) is 0 Å². The summed E-state index contributed by atoms with van der Waals surface area (Å²) in [5.41, 5.74) is 11.6. The smallest absolute Gasteiger partial charge is 0.164 e. The van der Waals surface area contributed by atoms with Crippen LogP contribution in [-0.4, -0.2) is 15.0 Å². The molecule has 0 amide bonds. The molecular formula is C57H35N3S2. The fraction of sp³-hybridized carbons (Fsp3) is 0. The molecule has 0 unspecified atom stereocenters. The van der Waals surface area contributed by atoms with Gasteiger partial charge in [0.15, 0.2) is 17.5 Å². The van der Waals surface area contributed by atoms with Crippen molar-refractivity contribution in [2.75, 3.05) is 0 Å². The van der Waals surface area contributed by atoms with Gasteiger partial charge in [0.05, 0.1) is 0 Å². The molecule has 0 aliphatic rings. The Morgan fingerprint density at radius 2 is 0.597 bits per heavy atom. The second-order valence-electron chi connectivity index (χ2n) is 15.5. The van der Waals surface area contributed by atoms with Crippen molar-refractivity contribution < 1.29 is 0 Å². The van der Waals surface area contributed by atoms with Crippen molar-refractivity contribution in [1.82, 2.24) is 15.0 Å². The molecule has 0 atom stereocenters. The normalized spacial score (nSPS) is 11.5. The van der Waals surface area contributed by atoms with E-state index in [1.165, 1.54) is 40.3 Å². The molecule has 0 bridgehead atoms. The number of aromatic nitrogens is 3. The van der Waals surface area contributed by atoms with Crippen LogP contribution in [0.2, 0.25) is 0 Å². The van der Waals surface area contributed by atoms with Gasteiger partial charge < -0.3 is 0 Å². The molecule has 0 saturated carbocycles. The molecule has 0 fully saturated rings. The van der Waals surface area contributed by atoms with Gasteiger partial charge in [0.2, 0.25) is 0 Å². The number of hydrogen-bond acceptors (Lipinski definition) is 5. The molecule has 0 saturated heterocycles. The summed E-state index contributed by atoms with van der Waals surface area (Å²) < 4.78 is 5.15. The van der Waals surface area contributed by atoms with E-state index in [1.807, 2.05) is 34.8 Å². The fourth-order valence-corrected chi connectivity index (χ4v) is 10.9. The number of hydrogen-bond donors (Lipinski definition) is 0. The van der Waals surface area contributed by atoms with E-state index >= 15 is 0 Å². The monoisotopic (exact) mass is 825 g/mol. The Kier molecular flexibility index (Phi) is 8.87. The van der Waals surface area contributed by atoms with Crippen LogP contribution >= 0.6 is 22.7 Å². The van der Waals surface area contributed by atoms with Crippen LogP contribution in [0.3, 0.4) is 0 Å². The van der Waals surface area contributed by atoms with E-state index in [9.17, 15) is 0 Å². The van der Waals surface area contributed by atoms with Crippen molar-refractivity contribution in [3.05, 3.63) is 212 Å². The van der Waals surface area contributed by atoms with Gasteiger partial charge in [-0.25, -0.2) is 15.0 Å². The Balaban J connectivity index is 1.11. The largest absolute Gasteiger partial charge is 0.208 e. The molecule has 5 heteroatoms. The van der Waals surface area contributed by atoms with E-state index in [0.29, 0.717) is 17.5 Å². The predicted octanol–water partition coefficient (Wildman–Crippen LogP) is 16.3. The highest BCUT2D eigenvalue weighted by molar-refractivity contribution is 7.26. The van der Waals surface area contributed by atoms with Gasteiger partial charge in [-0.15, -0.1) is 22.7 Å². The number of benzene rings is 9. The third-order valence-electron chi connectivity index (χ3n) is 11.8. The first-order valence-corrected chi connectivity index (χ1v) is 22.4. The number of rotatable bonds is 7. The molecule has 0 N–H and O–H groups in total. The molecule has 0 spiro atoms. The van der Waals surface area contributed by atoms with Crippen molar-refractivity contribution in [3.8, 4) is 78.7 Å². The minimum Gasteiger partial charge on any atom is -0.208 e. The minimum absolute atomic E-state index is 0.614. The molecule has 12 aromatic rings. The van der Waals surface area contributed by atoms with E-state index in [4.69, 9.17) is 15.0 Å². The SMILES string of the molecule is c1ccc(-c2ccccc2-c2nc(-c3cc(-c4ccc5sc6ccccc6c5c4)cc(-c4ccc5sc6ccccc6c5c4)c3)nc(-c3ccccc3-c3ccccc3)n2)cc1. The molecule has 3 heterocycles. The summed E-state index contributed by atoms with van der Waals surface area (Å²) in [5.74, 6) is 1.86. The van der Waals surface area contributed by atoms with E-state index in [2.05, 4.69) is 200 Å². The third kappa shape index (κ3) is 6.47. The van der Waals surface area contributed by atoms with Crippen molar-refractivity contribution in [2.45, 2.75) is 0 Å². The van der Waals surface area contributed by atoms with Crippen LogP contribution in [0.25, 0.3) is 119 Å². The van der Waals surface area contributed by atoms with E-state index in [1.54, 1.807) is 0 Å². The average molecular weight is 826 g/mol. The van der Waals surface area contributed by atoms with Crippen LogP contribution < -0.4 is 0 Å². The molecule has 0 radical (unpaired) electrons. The lowest BCUT2D eigenvalue weighted by atomic mass is 9.94. The zero-order valence-electron chi connectivity index (χ0n) is 33.4. The maximum atomic E-state index is 5.40. The summed E-state index contributed by atoms with van der Waals surface area (Å²) in [6.07, 6.45) is 0. The highest BCUT2D eigenvalue weighted by Gasteiger charge is 2.20. The lowest BCUT2D eigenvalue weighted by molar-refractivity contribution is 1.07. The Morgan fingerprint density at radius 1 is 0.226 bits per heavy atom. The maximum absolute atomic E-state index is 5.40. The standard InChI is InChI=1S/C57H35N3S2/c1-3-15-36(16-4-1)43-19-7-9-23-47(43)56-58-55(59-57(60-56)48-24-10-8-20-44(48)37-17-5-2-6-18-37)42-32-40(38-27-29-53-49(34-38)45-21-11-13-25-51(45)61-53)31-41(33-42)39-28-30-54-50(35-39)46-22-12-14-26-52(46)62-54/h1-35H. The Labute approximate surface area is 366 Å². The van der Waals surface area contributed by atoms with Crippen LogP contribution in [0.5, 0.6) is 0 Å². The summed E-state index contributed by atoms with van der Waals surface area (Å²) >= 11 is 3.68. The summed E-state index contributed by atoms with van der Waals surface area (Å²) in [6, 6.07) is 75.8. The van der Waals surface area contributed by atoms with E-state index in [-0.39, 0.29) is 0 Å². The van der Waals surface area contributed by atoms with Crippen LogP contribution in [0.1, 0.15) is 0 Å². The average Bonchev–Trinajstić information content (AvgIpc) is 3.92. The number of fused-ring (bicyclic) bond motifs is 6. The van der Waals surface area contributed by atoms with Crippen LogP contribution in [0.15, 0.2) is 212 Å². The van der Waals surface area contributed by atoms with Crippen molar-refractivity contribution in [3.63, 3.8) is 0 Å². The third-order valence-corrected chi connectivity index (χ3v) is 14.1. The molecular weight excluding hydrogens is 791 g/mol. The maximum Gasteiger partial charge on any atom is 0.164 e. The van der Waals surface area contributed by atoms with Crippen molar-refractivity contribution in [1.29, 1.82) is 0 Å². The van der Waals surface area contributed by atoms with Gasteiger partial charge in [-0.05, 0) is 99.1 Å². The van der Waals surface area contributed by atoms with Gasteiger partial charge >= 0.3 is 0 Å². The first-order valence-electron chi connectivity index (χ1n) is 20.7. The van der Waals surface area contributed by atoms with Crippen molar-refractivity contribution in [2.24, 2.45) is 0 Å². The predicted molar refractivity (Wildman–Crippen MR) is 264 cm³/mol. The van der Waals surface area contributed by atoms with Gasteiger partial charge in [0.1, 0.15) is 0 Å². The highest BCUT2D eigenvalue weighted by atomic mass is 32.1. The number of nitrogens with zero attached hydrogens (tertiary/aromatic N) is 3. The number of thiophene rings is 2. The molecule has 0 aliphatic heterocycles. The van der Waals surface area contributed by atoms with E-state index < -0.39 is 0 Å². The highest BCUT2D eigenvalue weighted by Crippen LogP contribution is 2.42. The van der Waals surface area contributed by atoms with Crippen molar-refractivity contribution >= 4 is 63.0 Å². The lowest BCUT2D eigenvalue weighted by Crippen LogP contribution is -2.02. The van der Waals surface area contributed by atoms with Gasteiger partial charge in [-0.1, -0.05) is 158 Å². The molecule has 0 aliphatic carbocycles. The molecule has 9 aromatic carbocycles. The molecule has 62 heavy (non-hydrogen) atoms. The zero-order valence-corrected chi connectivity index (χ0v) is 35.0. The van der Waals surface area contributed by atoms with E-state index in [0.717, 1.165) is 61.2 Å². The van der Waals surface area contributed by atoms with Gasteiger partial charge in [0, 0.05) is 57.0 Å². The van der Waals surface area contributed by atoms with Gasteiger partial charge in [-0.3, -0.25) is 0 Å². The topological polar surface area (TPSA) is 38.7 Å². The Hall–Kier alpha value is -7.57. The second-order valence-corrected chi connectivity index (χ2v) is 17.7. The van der Waals surface area contributed by atoms with Gasteiger partial charge in [-0.2, -0.15) is 0 Å². The molecule has 3 nitrogen and oxygen atoms in total. The summed E-state index contributed by atoms with van der Waals surface area (Å²) in [4.78, 5) is 16.1. The van der Waals surface area contributed by atoms with Crippen LogP contribution in [0, 0.1) is 0 Å². The summed E-state index contributed by atoms with van der Waals surface area (Å²) in [6.45, 7) is 0. The first kappa shape index (κ1) is 36.3. The minimum atomic E-state index is 0.614. The Morgan fingerprint density at radius 3 is 1.08 bits per heavy atom. The summed E-state index contributed by atoms with van der Waals surface area (Å²) in [7, 11) is 0. The van der Waals surface area contributed by atoms with Crippen LogP contribution in [0.4, 0.5) is 0 Å². The zero-order chi connectivity index (χ0) is 41.0. The van der Waals surface area contributed by atoms with Crippen LogP contribution in [-0.2, 0) is 0 Å². The summed E-state index contributed by atoms with van der Waals surface area (Å²) in [5, 5.41) is 5.09. The quantitative estimate of drug-likeness (QED) is 0.161. The first-order chi connectivity index (χ1) is 30.7. The molecule has 12 rings (SSSR count). The fourth-order valence-electron chi connectivity index (χ4n) is 8.74. The lowest BCUT2D eigenvalue weighted by Gasteiger charge is -2.15. The Bertz CT molecular complexity index is 3410.